The van der Waals surface area contributed by atoms with Crippen molar-refractivity contribution in [3.63, 3.8) is 0 Å². The molecule has 0 aliphatic heterocycles. The second-order valence-electron chi connectivity index (χ2n) is 9.62. The number of fused-ring (bicyclic) bond motifs is 2. The second kappa shape index (κ2) is 9.98. The van der Waals surface area contributed by atoms with Gasteiger partial charge >= 0.3 is 0 Å². The average molecular weight is 409 g/mol. The van der Waals surface area contributed by atoms with E-state index in [0.717, 1.165) is 28.5 Å². The van der Waals surface area contributed by atoms with Gasteiger partial charge in [-0.3, -0.25) is 0 Å². The van der Waals surface area contributed by atoms with Gasteiger partial charge in [0.05, 0.1) is 0 Å². The fraction of sp³-hybridized carbons (Fsp3) is 0.571. The summed E-state index contributed by atoms with van der Waals surface area (Å²) in [7, 11) is 0. The van der Waals surface area contributed by atoms with Crippen molar-refractivity contribution in [3.05, 3.63) is 53.9 Å². The van der Waals surface area contributed by atoms with Gasteiger partial charge in [0.2, 0.25) is 0 Å². The number of hydrogen-bond acceptors (Lipinski definition) is 1. The van der Waals surface area contributed by atoms with Gasteiger partial charge in [-0.15, -0.1) is 0 Å². The van der Waals surface area contributed by atoms with Crippen LogP contribution in [0.3, 0.4) is 0 Å². The SMILES string of the molecule is CC=CCOc1cc(F)c2cc(C3CCC4CC(CCCC)CCC4C3)ccc2c1. The quantitative estimate of drug-likeness (QED) is 0.418. The van der Waals surface area contributed by atoms with E-state index in [2.05, 4.69) is 25.1 Å². The summed E-state index contributed by atoms with van der Waals surface area (Å²) in [6, 6.07) is 9.92. The molecule has 2 fully saturated rings. The van der Waals surface area contributed by atoms with Crippen LogP contribution in [0.2, 0.25) is 0 Å². The van der Waals surface area contributed by atoms with Gasteiger partial charge in [0.25, 0.3) is 0 Å². The molecule has 0 saturated heterocycles. The first kappa shape index (κ1) is 21.4. The van der Waals surface area contributed by atoms with Crippen LogP contribution >= 0.6 is 0 Å². The molecule has 0 bridgehead atoms. The van der Waals surface area contributed by atoms with Crippen LogP contribution < -0.4 is 4.74 Å². The summed E-state index contributed by atoms with van der Waals surface area (Å²) < 4.78 is 20.5. The van der Waals surface area contributed by atoms with Crippen molar-refractivity contribution in [3.8, 4) is 5.75 Å². The molecule has 0 heterocycles. The van der Waals surface area contributed by atoms with Gasteiger partial charge in [0.1, 0.15) is 18.2 Å². The molecule has 162 valence electrons. The van der Waals surface area contributed by atoms with Gasteiger partial charge in [-0.25, -0.2) is 4.39 Å². The van der Waals surface area contributed by atoms with Gasteiger partial charge in [0, 0.05) is 11.5 Å². The maximum Gasteiger partial charge on any atom is 0.134 e. The average Bonchev–Trinajstić information content (AvgIpc) is 2.77. The zero-order valence-electron chi connectivity index (χ0n) is 18.7. The predicted molar refractivity (Wildman–Crippen MR) is 125 cm³/mol. The van der Waals surface area contributed by atoms with E-state index in [4.69, 9.17) is 4.74 Å². The van der Waals surface area contributed by atoms with Crippen LogP contribution in [0, 0.1) is 23.6 Å². The van der Waals surface area contributed by atoms with Gasteiger partial charge in [-0.05, 0) is 85.8 Å². The van der Waals surface area contributed by atoms with Crippen molar-refractivity contribution < 1.29 is 9.13 Å². The Hall–Kier alpha value is -1.83. The fourth-order valence-electron chi connectivity index (χ4n) is 5.93. The Morgan fingerprint density at radius 3 is 2.70 bits per heavy atom. The molecule has 4 atom stereocenters. The molecule has 0 N–H and O–H groups in total. The van der Waals surface area contributed by atoms with Crippen LogP contribution in [0.25, 0.3) is 10.8 Å². The van der Waals surface area contributed by atoms with Crippen molar-refractivity contribution in [2.45, 2.75) is 77.6 Å². The van der Waals surface area contributed by atoms with Crippen molar-refractivity contribution >= 4 is 10.8 Å². The lowest BCUT2D eigenvalue weighted by molar-refractivity contribution is 0.113. The highest BCUT2D eigenvalue weighted by Gasteiger charge is 2.35. The molecule has 2 aromatic carbocycles. The van der Waals surface area contributed by atoms with Crippen molar-refractivity contribution in [1.82, 2.24) is 0 Å². The summed E-state index contributed by atoms with van der Waals surface area (Å²) in [4.78, 5) is 0. The summed E-state index contributed by atoms with van der Waals surface area (Å²) in [6.07, 6.45) is 16.2. The van der Waals surface area contributed by atoms with Gasteiger partial charge < -0.3 is 4.74 Å². The standard InChI is InChI=1S/C28H37FO/c1-3-5-7-20-8-9-22-16-23(11-10-21(22)15-20)24-12-13-25-17-26(30-14-6-4-2)19-28(29)27(25)18-24/h4,6,12-13,17-23H,3,5,7-11,14-16H2,1-2H3. The summed E-state index contributed by atoms with van der Waals surface area (Å²) in [6.45, 7) is 4.74. The number of allylic oxidation sites excluding steroid dienone is 1. The minimum Gasteiger partial charge on any atom is -0.489 e. The number of benzene rings is 2. The molecular formula is C28H37FO. The Bertz CT molecular complexity index is 870. The molecule has 30 heavy (non-hydrogen) atoms. The van der Waals surface area contributed by atoms with Crippen molar-refractivity contribution in [2.75, 3.05) is 6.61 Å². The summed E-state index contributed by atoms with van der Waals surface area (Å²) in [5, 5.41) is 1.66. The Morgan fingerprint density at radius 2 is 1.87 bits per heavy atom. The topological polar surface area (TPSA) is 9.23 Å². The predicted octanol–water partition coefficient (Wildman–Crippen LogP) is 8.42. The molecule has 0 aromatic heterocycles. The molecule has 1 nitrogen and oxygen atoms in total. The lowest BCUT2D eigenvalue weighted by Crippen LogP contribution is -2.30. The fourth-order valence-corrected chi connectivity index (χ4v) is 5.93. The monoisotopic (exact) mass is 408 g/mol. The van der Waals surface area contributed by atoms with E-state index < -0.39 is 0 Å². The number of ether oxygens (including phenoxy) is 1. The minimum atomic E-state index is -0.171. The third-order valence-electron chi connectivity index (χ3n) is 7.64. The number of unbranched alkanes of at least 4 members (excludes halogenated alkanes) is 1. The molecule has 4 unspecified atom stereocenters. The first-order chi connectivity index (χ1) is 14.7. The molecule has 0 amide bonds. The third-order valence-corrected chi connectivity index (χ3v) is 7.64. The molecule has 2 heteroatoms. The van der Waals surface area contributed by atoms with E-state index in [-0.39, 0.29) is 5.82 Å². The zero-order valence-corrected chi connectivity index (χ0v) is 18.7. The molecule has 2 aliphatic rings. The minimum absolute atomic E-state index is 0.171. The Labute approximate surface area is 181 Å². The van der Waals surface area contributed by atoms with E-state index in [9.17, 15) is 4.39 Å². The highest BCUT2D eigenvalue weighted by molar-refractivity contribution is 5.85. The van der Waals surface area contributed by atoms with Gasteiger partial charge in [-0.2, -0.15) is 0 Å². The summed E-state index contributed by atoms with van der Waals surface area (Å²) >= 11 is 0. The largest absolute Gasteiger partial charge is 0.489 e. The summed E-state index contributed by atoms with van der Waals surface area (Å²) in [5.41, 5.74) is 1.33. The van der Waals surface area contributed by atoms with Crippen LogP contribution in [0.1, 0.15) is 83.1 Å². The zero-order chi connectivity index (χ0) is 20.9. The number of hydrogen-bond donors (Lipinski definition) is 0. The first-order valence-electron chi connectivity index (χ1n) is 12.1. The van der Waals surface area contributed by atoms with Crippen LogP contribution in [0.15, 0.2) is 42.5 Å². The van der Waals surface area contributed by atoms with E-state index in [1.807, 2.05) is 25.1 Å². The third kappa shape index (κ3) is 4.90. The maximum atomic E-state index is 14.8. The first-order valence-corrected chi connectivity index (χ1v) is 12.1. The lowest BCUT2D eigenvalue weighted by atomic mass is 9.63. The highest BCUT2D eigenvalue weighted by atomic mass is 19.1. The number of rotatable bonds is 7. The smallest absolute Gasteiger partial charge is 0.134 e. The van der Waals surface area contributed by atoms with E-state index in [1.165, 1.54) is 69.4 Å². The Balaban J connectivity index is 1.44. The second-order valence-corrected chi connectivity index (χ2v) is 9.62. The molecular weight excluding hydrogens is 371 g/mol. The lowest BCUT2D eigenvalue weighted by Gasteiger charge is -2.42. The molecule has 2 aliphatic carbocycles. The summed E-state index contributed by atoms with van der Waals surface area (Å²) in [5.74, 6) is 3.81. The van der Waals surface area contributed by atoms with Crippen LogP contribution in [0.4, 0.5) is 4.39 Å². The molecule has 0 radical (unpaired) electrons. The molecule has 4 rings (SSSR count). The normalized spacial score (nSPS) is 26.8. The van der Waals surface area contributed by atoms with E-state index in [1.54, 1.807) is 0 Å². The highest BCUT2D eigenvalue weighted by Crippen LogP contribution is 2.48. The van der Waals surface area contributed by atoms with E-state index in [0.29, 0.717) is 18.3 Å². The van der Waals surface area contributed by atoms with Crippen molar-refractivity contribution in [2.24, 2.45) is 17.8 Å². The Morgan fingerprint density at radius 1 is 1.03 bits per heavy atom. The number of halogens is 1. The van der Waals surface area contributed by atoms with Crippen molar-refractivity contribution in [1.29, 1.82) is 0 Å². The maximum absolute atomic E-state index is 14.8. The Kier molecular flexibility index (Phi) is 7.12. The molecule has 2 aromatic rings. The van der Waals surface area contributed by atoms with Crippen LogP contribution in [-0.4, -0.2) is 6.61 Å². The van der Waals surface area contributed by atoms with Crippen LogP contribution in [0.5, 0.6) is 5.75 Å². The van der Waals surface area contributed by atoms with Gasteiger partial charge in [-0.1, -0.05) is 56.9 Å². The van der Waals surface area contributed by atoms with E-state index >= 15 is 0 Å². The van der Waals surface area contributed by atoms with Gasteiger partial charge in [0.15, 0.2) is 0 Å². The van der Waals surface area contributed by atoms with Crippen LogP contribution in [-0.2, 0) is 0 Å². The molecule has 0 spiro atoms. The molecule has 2 saturated carbocycles.